The van der Waals surface area contributed by atoms with Gasteiger partial charge in [-0.15, -0.1) is 11.6 Å². The summed E-state index contributed by atoms with van der Waals surface area (Å²) in [5.41, 5.74) is 0. The number of ether oxygens (including phenoxy) is 1. The number of halogens is 1. The monoisotopic (exact) mass is 134 g/mol. The smallest absolute Gasteiger partial charge is 0.306 e. The standard InChI is InChI=1S/C5H7ClO2/c6-3-4-1-2-5(7)8-4/h4H,1-3H2/t4-/m0/s1. The topological polar surface area (TPSA) is 26.3 Å². The minimum Gasteiger partial charge on any atom is -0.461 e. The predicted octanol–water partition coefficient (Wildman–Crippen LogP) is 0.931. The third-order valence-electron chi connectivity index (χ3n) is 1.14. The van der Waals surface area contributed by atoms with E-state index < -0.39 is 0 Å². The van der Waals surface area contributed by atoms with Gasteiger partial charge in [0.05, 0.1) is 5.88 Å². The highest BCUT2D eigenvalue weighted by molar-refractivity contribution is 6.18. The molecule has 46 valence electrons. The lowest BCUT2D eigenvalue weighted by atomic mass is 10.3. The van der Waals surface area contributed by atoms with Crippen LogP contribution in [0.1, 0.15) is 12.8 Å². The summed E-state index contributed by atoms with van der Waals surface area (Å²) < 4.78 is 4.74. The molecular formula is C5H7ClO2. The molecule has 8 heavy (non-hydrogen) atoms. The molecule has 0 saturated carbocycles. The Balaban J connectivity index is 2.32. The van der Waals surface area contributed by atoms with Gasteiger partial charge in [0.25, 0.3) is 0 Å². The van der Waals surface area contributed by atoms with Crippen molar-refractivity contribution in [3.8, 4) is 0 Å². The fraction of sp³-hybridized carbons (Fsp3) is 0.800. The molecule has 0 aromatic rings. The van der Waals surface area contributed by atoms with E-state index in [4.69, 9.17) is 16.3 Å². The molecule has 0 aliphatic carbocycles. The number of hydrogen-bond donors (Lipinski definition) is 0. The lowest BCUT2D eigenvalue weighted by Gasteiger charge is -2.00. The Morgan fingerprint density at radius 3 is 2.88 bits per heavy atom. The van der Waals surface area contributed by atoms with E-state index in [1.54, 1.807) is 0 Å². The van der Waals surface area contributed by atoms with Gasteiger partial charge in [-0.3, -0.25) is 4.79 Å². The fourth-order valence-electron chi connectivity index (χ4n) is 0.691. The van der Waals surface area contributed by atoms with Crippen LogP contribution in [-0.4, -0.2) is 18.0 Å². The second-order valence-corrected chi connectivity index (χ2v) is 2.11. The summed E-state index contributed by atoms with van der Waals surface area (Å²) in [6.07, 6.45) is 1.32. The Hall–Kier alpha value is -0.240. The quantitative estimate of drug-likeness (QED) is 0.394. The van der Waals surface area contributed by atoms with Gasteiger partial charge < -0.3 is 4.74 Å². The molecule has 0 aromatic carbocycles. The molecule has 1 heterocycles. The summed E-state index contributed by atoms with van der Waals surface area (Å²) in [6.45, 7) is 0. The number of carbonyl (C=O) groups is 1. The molecule has 1 fully saturated rings. The average molecular weight is 135 g/mol. The third kappa shape index (κ3) is 1.13. The van der Waals surface area contributed by atoms with Gasteiger partial charge in [-0.1, -0.05) is 0 Å². The van der Waals surface area contributed by atoms with Gasteiger partial charge in [0.2, 0.25) is 0 Å². The molecule has 0 aromatic heterocycles. The van der Waals surface area contributed by atoms with E-state index in [0.29, 0.717) is 12.3 Å². The summed E-state index contributed by atoms with van der Waals surface area (Å²) in [5.74, 6) is 0.321. The van der Waals surface area contributed by atoms with Crippen molar-refractivity contribution < 1.29 is 9.53 Å². The summed E-state index contributed by atoms with van der Waals surface area (Å²) in [5, 5.41) is 0. The summed E-state index contributed by atoms with van der Waals surface area (Å²) >= 11 is 5.40. The lowest BCUT2D eigenvalue weighted by Crippen LogP contribution is -2.07. The highest BCUT2D eigenvalue weighted by Gasteiger charge is 2.21. The molecule has 0 radical (unpaired) electrons. The largest absolute Gasteiger partial charge is 0.461 e. The van der Waals surface area contributed by atoms with Gasteiger partial charge in [0, 0.05) is 6.42 Å². The number of carbonyl (C=O) groups excluding carboxylic acids is 1. The Bertz CT molecular complexity index is 103. The maximum Gasteiger partial charge on any atom is 0.306 e. The normalized spacial score (nSPS) is 28.1. The highest BCUT2D eigenvalue weighted by atomic mass is 35.5. The summed E-state index contributed by atoms with van der Waals surface area (Å²) in [7, 11) is 0. The van der Waals surface area contributed by atoms with Gasteiger partial charge in [0.15, 0.2) is 0 Å². The molecule has 1 aliphatic heterocycles. The van der Waals surface area contributed by atoms with Crippen molar-refractivity contribution in [3.63, 3.8) is 0 Å². The zero-order valence-corrected chi connectivity index (χ0v) is 5.15. The molecule has 3 heteroatoms. The first-order valence-electron chi connectivity index (χ1n) is 2.58. The molecule has 1 rings (SSSR count). The van der Waals surface area contributed by atoms with Crippen molar-refractivity contribution in [2.45, 2.75) is 18.9 Å². The minimum atomic E-state index is -0.115. The highest BCUT2D eigenvalue weighted by Crippen LogP contribution is 2.13. The van der Waals surface area contributed by atoms with Gasteiger partial charge in [-0.2, -0.15) is 0 Å². The van der Waals surface area contributed by atoms with Crippen LogP contribution >= 0.6 is 11.6 Å². The van der Waals surface area contributed by atoms with Crippen LogP contribution in [0, 0.1) is 0 Å². The molecule has 0 bridgehead atoms. The van der Waals surface area contributed by atoms with Crippen molar-refractivity contribution >= 4 is 17.6 Å². The first kappa shape index (κ1) is 5.89. The Kier molecular flexibility index (Phi) is 1.73. The first-order valence-corrected chi connectivity index (χ1v) is 3.12. The van der Waals surface area contributed by atoms with Crippen molar-refractivity contribution in [2.24, 2.45) is 0 Å². The fourth-order valence-corrected chi connectivity index (χ4v) is 0.909. The van der Waals surface area contributed by atoms with Crippen LogP contribution in [0.15, 0.2) is 0 Å². The molecule has 0 spiro atoms. The predicted molar refractivity (Wildman–Crippen MR) is 29.8 cm³/mol. The molecule has 2 nitrogen and oxygen atoms in total. The number of hydrogen-bond acceptors (Lipinski definition) is 2. The van der Waals surface area contributed by atoms with Crippen molar-refractivity contribution in [1.29, 1.82) is 0 Å². The Morgan fingerprint density at radius 1 is 1.88 bits per heavy atom. The van der Waals surface area contributed by atoms with E-state index in [0.717, 1.165) is 6.42 Å². The van der Waals surface area contributed by atoms with Crippen LogP contribution in [0.5, 0.6) is 0 Å². The van der Waals surface area contributed by atoms with E-state index in [2.05, 4.69) is 0 Å². The van der Waals surface area contributed by atoms with Crippen molar-refractivity contribution in [3.05, 3.63) is 0 Å². The van der Waals surface area contributed by atoms with Crippen molar-refractivity contribution in [1.82, 2.24) is 0 Å². The molecule has 0 unspecified atom stereocenters. The van der Waals surface area contributed by atoms with E-state index >= 15 is 0 Å². The van der Waals surface area contributed by atoms with Crippen LogP contribution in [0.2, 0.25) is 0 Å². The maximum absolute atomic E-state index is 10.3. The molecule has 1 aliphatic rings. The van der Waals surface area contributed by atoms with Crippen LogP contribution in [0.4, 0.5) is 0 Å². The summed E-state index contributed by atoms with van der Waals surface area (Å²) in [4.78, 5) is 10.3. The van der Waals surface area contributed by atoms with Crippen molar-refractivity contribution in [2.75, 3.05) is 5.88 Å². The van der Waals surface area contributed by atoms with Gasteiger partial charge in [-0.25, -0.2) is 0 Å². The number of cyclic esters (lactones) is 1. The Morgan fingerprint density at radius 2 is 2.62 bits per heavy atom. The number of esters is 1. The molecule has 1 saturated heterocycles. The first-order chi connectivity index (χ1) is 3.83. The van der Waals surface area contributed by atoms with Crippen LogP contribution in [0.3, 0.4) is 0 Å². The minimum absolute atomic E-state index is 0.0100. The van der Waals surface area contributed by atoms with E-state index in [9.17, 15) is 4.79 Å². The average Bonchev–Trinajstić information content (AvgIpc) is 2.14. The third-order valence-corrected chi connectivity index (χ3v) is 1.48. The second kappa shape index (κ2) is 2.35. The molecule has 0 N–H and O–H groups in total. The van der Waals surface area contributed by atoms with E-state index in [1.807, 2.05) is 0 Å². The summed E-state index contributed by atoms with van der Waals surface area (Å²) in [6, 6.07) is 0. The Labute approximate surface area is 52.8 Å². The van der Waals surface area contributed by atoms with E-state index in [1.165, 1.54) is 0 Å². The van der Waals surface area contributed by atoms with Gasteiger partial charge >= 0.3 is 5.97 Å². The van der Waals surface area contributed by atoms with E-state index in [-0.39, 0.29) is 12.1 Å². The molecule has 0 amide bonds. The molecule has 1 atom stereocenters. The second-order valence-electron chi connectivity index (χ2n) is 1.80. The number of alkyl halides is 1. The van der Waals surface area contributed by atoms with Gasteiger partial charge in [0.1, 0.15) is 6.10 Å². The van der Waals surface area contributed by atoms with Crippen LogP contribution < -0.4 is 0 Å². The molecular weight excluding hydrogens is 128 g/mol. The number of rotatable bonds is 1. The van der Waals surface area contributed by atoms with Crippen LogP contribution in [-0.2, 0) is 9.53 Å². The SMILES string of the molecule is O=C1CC[C@@H](CCl)O1. The van der Waals surface area contributed by atoms with Gasteiger partial charge in [-0.05, 0) is 6.42 Å². The zero-order chi connectivity index (χ0) is 5.98. The van der Waals surface area contributed by atoms with Crippen LogP contribution in [0.25, 0.3) is 0 Å². The lowest BCUT2D eigenvalue weighted by molar-refractivity contribution is -0.140. The maximum atomic E-state index is 10.3. The zero-order valence-electron chi connectivity index (χ0n) is 4.39.